The fraction of sp³-hybridized carbons (Fsp3) is 0.625. The third kappa shape index (κ3) is 4.03. The van der Waals surface area contributed by atoms with Gasteiger partial charge in [0.15, 0.2) is 0 Å². The maximum absolute atomic E-state index is 5.97. The molecule has 0 aromatic heterocycles. The first-order chi connectivity index (χ1) is 9.35. The normalized spacial score (nSPS) is 26.1. The Hall–Kier alpha value is -0.900. The van der Waals surface area contributed by atoms with Gasteiger partial charge >= 0.3 is 0 Å². The average Bonchev–Trinajstić information content (AvgIpc) is 2.44. The van der Waals surface area contributed by atoms with Gasteiger partial charge in [-0.2, -0.15) is 0 Å². The van der Waals surface area contributed by atoms with Crippen molar-refractivity contribution in [3.63, 3.8) is 0 Å². The molecule has 1 saturated carbocycles. The van der Waals surface area contributed by atoms with Gasteiger partial charge in [0.05, 0.1) is 18.8 Å². The summed E-state index contributed by atoms with van der Waals surface area (Å²) in [6.45, 7) is 6.71. The molecule has 3 heteroatoms. The Morgan fingerprint density at radius 3 is 2.63 bits per heavy atom. The zero-order valence-corrected chi connectivity index (χ0v) is 12.0. The molecule has 106 valence electrons. The minimum atomic E-state index is 0.209. The summed E-state index contributed by atoms with van der Waals surface area (Å²) in [7, 11) is 0. The van der Waals surface area contributed by atoms with E-state index in [1.165, 1.54) is 5.56 Å². The van der Waals surface area contributed by atoms with Gasteiger partial charge in [0.25, 0.3) is 0 Å². The number of ether oxygens (including phenoxy) is 2. The van der Waals surface area contributed by atoms with Crippen molar-refractivity contribution in [2.24, 2.45) is 0 Å². The van der Waals surface area contributed by atoms with Crippen LogP contribution in [-0.2, 0) is 16.1 Å². The molecule has 1 aliphatic rings. The zero-order chi connectivity index (χ0) is 13.5. The van der Waals surface area contributed by atoms with Crippen molar-refractivity contribution in [2.45, 2.75) is 51.5 Å². The maximum atomic E-state index is 5.97. The van der Waals surface area contributed by atoms with Gasteiger partial charge in [-0.15, -0.1) is 0 Å². The molecule has 1 fully saturated rings. The average molecular weight is 263 g/mol. The van der Waals surface area contributed by atoms with E-state index in [1.807, 2.05) is 25.1 Å². The van der Waals surface area contributed by atoms with E-state index in [4.69, 9.17) is 9.47 Å². The van der Waals surface area contributed by atoms with Crippen molar-refractivity contribution in [1.29, 1.82) is 0 Å². The van der Waals surface area contributed by atoms with Crippen LogP contribution in [0.4, 0.5) is 0 Å². The van der Waals surface area contributed by atoms with Crippen molar-refractivity contribution in [3.8, 4) is 0 Å². The van der Waals surface area contributed by atoms with Gasteiger partial charge in [0.1, 0.15) is 0 Å². The molecule has 2 rings (SSSR count). The third-order valence-corrected chi connectivity index (χ3v) is 3.57. The minimum absolute atomic E-state index is 0.209. The molecule has 0 aliphatic heterocycles. The highest BCUT2D eigenvalue weighted by atomic mass is 16.5. The highest BCUT2D eigenvalue weighted by Crippen LogP contribution is 2.28. The molecule has 0 amide bonds. The Kier molecular flexibility index (Phi) is 5.83. The first-order valence-corrected chi connectivity index (χ1v) is 7.35. The summed E-state index contributed by atoms with van der Waals surface area (Å²) in [4.78, 5) is 0. The summed E-state index contributed by atoms with van der Waals surface area (Å²) < 4.78 is 11.8. The predicted octanol–water partition coefficient (Wildman–Crippen LogP) is 2.75. The number of hydrogen-bond acceptors (Lipinski definition) is 3. The molecule has 3 nitrogen and oxygen atoms in total. The van der Waals surface area contributed by atoms with Crippen molar-refractivity contribution >= 4 is 0 Å². The summed E-state index contributed by atoms with van der Waals surface area (Å²) in [5, 5.41) is 3.53. The lowest BCUT2D eigenvalue weighted by atomic mass is 9.85. The molecule has 1 aromatic rings. The highest BCUT2D eigenvalue weighted by Gasteiger charge is 2.42. The largest absolute Gasteiger partial charge is 0.374 e. The van der Waals surface area contributed by atoms with Crippen molar-refractivity contribution in [2.75, 3.05) is 13.2 Å². The van der Waals surface area contributed by atoms with E-state index in [2.05, 4.69) is 24.4 Å². The quantitative estimate of drug-likeness (QED) is 0.782. The van der Waals surface area contributed by atoms with Gasteiger partial charge in [-0.05, 0) is 31.9 Å². The lowest BCUT2D eigenvalue weighted by Gasteiger charge is -2.44. The summed E-state index contributed by atoms with van der Waals surface area (Å²) in [5.41, 5.74) is 1.22. The minimum Gasteiger partial charge on any atom is -0.374 e. The first-order valence-electron chi connectivity index (χ1n) is 7.35. The third-order valence-electron chi connectivity index (χ3n) is 3.57. The van der Waals surface area contributed by atoms with Gasteiger partial charge in [-0.1, -0.05) is 37.3 Å². The van der Waals surface area contributed by atoms with E-state index in [-0.39, 0.29) is 12.2 Å². The molecular formula is C16H25NO2. The van der Waals surface area contributed by atoms with Crippen LogP contribution >= 0.6 is 0 Å². The number of rotatable bonds is 8. The van der Waals surface area contributed by atoms with Crippen LogP contribution in [0.1, 0.15) is 32.3 Å². The SMILES string of the molecule is CCCNC1CC(OCc2ccccc2)C1OCC. The van der Waals surface area contributed by atoms with Gasteiger partial charge in [0, 0.05) is 12.6 Å². The summed E-state index contributed by atoms with van der Waals surface area (Å²) in [6, 6.07) is 10.8. The number of benzene rings is 1. The molecular weight excluding hydrogens is 238 g/mol. The Labute approximate surface area is 116 Å². The van der Waals surface area contributed by atoms with Crippen LogP contribution in [0.5, 0.6) is 0 Å². The molecule has 0 saturated heterocycles. The molecule has 0 heterocycles. The number of hydrogen-bond donors (Lipinski definition) is 1. The molecule has 3 atom stereocenters. The maximum Gasteiger partial charge on any atom is 0.0990 e. The van der Waals surface area contributed by atoms with Crippen molar-refractivity contribution < 1.29 is 9.47 Å². The van der Waals surface area contributed by atoms with Crippen LogP contribution < -0.4 is 5.32 Å². The second-order valence-electron chi connectivity index (χ2n) is 5.05. The standard InChI is InChI=1S/C16H25NO2/c1-3-10-17-14-11-15(16(14)18-4-2)19-12-13-8-6-5-7-9-13/h5-9,14-17H,3-4,10-12H2,1-2H3. The fourth-order valence-electron chi connectivity index (χ4n) is 2.47. The van der Waals surface area contributed by atoms with E-state index in [1.54, 1.807) is 0 Å². The Balaban J connectivity index is 1.77. The van der Waals surface area contributed by atoms with Gasteiger partial charge in [-0.3, -0.25) is 0 Å². The first kappa shape index (κ1) is 14.5. The smallest absolute Gasteiger partial charge is 0.0990 e. The molecule has 1 aromatic carbocycles. The monoisotopic (exact) mass is 263 g/mol. The second-order valence-corrected chi connectivity index (χ2v) is 5.05. The van der Waals surface area contributed by atoms with Crippen LogP contribution in [0.2, 0.25) is 0 Å². The molecule has 3 unspecified atom stereocenters. The summed E-state index contributed by atoms with van der Waals surface area (Å²) in [5.74, 6) is 0. The van der Waals surface area contributed by atoms with E-state index in [9.17, 15) is 0 Å². The van der Waals surface area contributed by atoms with Crippen LogP contribution in [0, 0.1) is 0 Å². The Bertz CT molecular complexity index is 355. The van der Waals surface area contributed by atoms with Crippen LogP contribution in [0.25, 0.3) is 0 Å². The molecule has 19 heavy (non-hydrogen) atoms. The summed E-state index contributed by atoms with van der Waals surface area (Å²) >= 11 is 0. The van der Waals surface area contributed by atoms with Crippen molar-refractivity contribution in [1.82, 2.24) is 5.32 Å². The molecule has 0 spiro atoms. The van der Waals surface area contributed by atoms with E-state index in [0.29, 0.717) is 12.6 Å². The summed E-state index contributed by atoms with van der Waals surface area (Å²) in [6.07, 6.45) is 2.65. The lowest BCUT2D eigenvalue weighted by Crippen LogP contribution is -2.60. The lowest BCUT2D eigenvalue weighted by molar-refractivity contribution is -0.149. The van der Waals surface area contributed by atoms with E-state index in [0.717, 1.165) is 26.0 Å². The van der Waals surface area contributed by atoms with Gasteiger partial charge in [0.2, 0.25) is 0 Å². The Morgan fingerprint density at radius 1 is 1.16 bits per heavy atom. The predicted molar refractivity (Wildman–Crippen MR) is 77.1 cm³/mol. The van der Waals surface area contributed by atoms with Gasteiger partial charge in [-0.25, -0.2) is 0 Å². The van der Waals surface area contributed by atoms with Crippen LogP contribution in [0.15, 0.2) is 30.3 Å². The Morgan fingerprint density at radius 2 is 1.95 bits per heavy atom. The highest BCUT2D eigenvalue weighted by molar-refractivity contribution is 5.13. The number of nitrogens with one attached hydrogen (secondary N) is 1. The van der Waals surface area contributed by atoms with E-state index >= 15 is 0 Å². The van der Waals surface area contributed by atoms with E-state index < -0.39 is 0 Å². The molecule has 1 N–H and O–H groups in total. The topological polar surface area (TPSA) is 30.5 Å². The molecule has 0 bridgehead atoms. The fourth-order valence-corrected chi connectivity index (χ4v) is 2.47. The second kappa shape index (κ2) is 7.63. The zero-order valence-electron chi connectivity index (χ0n) is 12.0. The van der Waals surface area contributed by atoms with Gasteiger partial charge < -0.3 is 14.8 Å². The molecule has 0 radical (unpaired) electrons. The van der Waals surface area contributed by atoms with Crippen molar-refractivity contribution in [3.05, 3.63) is 35.9 Å². The van der Waals surface area contributed by atoms with Crippen LogP contribution in [0.3, 0.4) is 0 Å². The van der Waals surface area contributed by atoms with Crippen LogP contribution in [-0.4, -0.2) is 31.4 Å². The molecule has 1 aliphatic carbocycles.